The van der Waals surface area contributed by atoms with Crippen molar-refractivity contribution < 1.29 is 14.2 Å². The molecule has 5 heteroatoms. The standard InChI is InChI=1S/C14H17BrFNO2/c1-14(2,18)19-9-3-7-17-8-6-10-12(17)5-4-11(16)13(10)15/h4-6,8,18H,3,7,9H2,1-2H3. The summed E-state index contributed by atoms with van der Waals surface area (Å²) in [5.74, 6) is -1.35. The first-order valence-corrected chi connectivity index (χ1v) is 6.97. The highest BCUT2D eigenvalue weighted by molar-refractivity contribution is 9.10. The molecule has 2 aromatic rings. The quantitative estimate of drug-likeness (QED) is 0.670. The van der Waals surface area contributed by atoms with Gasteiger partial charge in [-0.05, 0) is 54.4 Å². The molecular weight excluding hydrogens is 313 g/mol. The van der Waals surface area contributed by atoms with Crippen LogP contribution in [0.5, 0.6) is 0 Å². The van der Waals surface area contributed by atoms with Crippen LogP contribution in [0.4, 0.5) is 4.39 Å². The Labute approximate surface area is 120 Å². The summed E-state index contributed by atoms with van der Waals surface area (Å²) in [5, 5.41) is 10.3. The average Bonchev–Trinajstić information content (AvgIpc) is 2.72. The van der Waals surface area contributed by atoms with Gasteiger partial charge in [0, 0.05) is 23.6 Å². The monoisotopic (exact) mass is 329 g/mol. The van der Waals surface area contributed by atoms with Crippen molar-refractivity contribution in [2.45, 2.75) is 32.6 Å². The van der Waals surface area contributed by atoms with Gasteiger partial charge in [0.1, 0.15) is 5.82 Å². The van der Waals surface area contributed by atoms with Crippen molar-refractivity contribution in [3.63, 3.8) is 0 Å². The van der Waals surface area contributed by atoms with E-state index < -0.39 is 5.79 Å². The van der Waals surface area contributed by atoms with Gasteiger partial charge in [-0.2, -0.15) is 0 Å². The summed E-state index contributed by atoms with van der Waals surface area (Å²) in [6, 6.07) is 5.11. The van der Waals surface area contributed by atoms with E-state index in [1.165, 1.54) is 6.07 Å². The van der Waals surface area contributed by atoms with Crippen LogP contribution in [0.2, 0.25) is 0 Å². The van der Waals surface area contributed by atoms with Crippen LogP contribution in [-0.2, 0) is 11.3 Å². The van der Waals surface area contributed by atoms with Gasteiger partial charge in [-0.25, -0.2) is 4.39 Å². The molecule has 0 amide bonds. The third kappa shape index (κ3) is 3.55. The fraction of sp³-hybridized carbons (Fsp3) is 0.429. The Bertz CT molecular complexity index is 575. The summed E-state index contributed by atoms with van der Waals surface area (Å²) in [7, 11) is 0. The van der Waals surface area contributed by atoms with Gasteiger partial charge in [-0.3, -0.25) is 0 Å². The van der Waals surface area contributed by atoms with Crippen LogP contribution in [0.1, 0.15) is 20.3 Å². The minimum atomic E-state index is -1.09. The maximum absolute atomic E-state index is 13.4. The third-order valence-electron chi connectivity index (χ3n) is 2.84. The fourth-order valence-corrected chi connectivity index (χ4v) is 2.43. The van der Waals surface area contributed by atoms with E-state index in [9.17, 15) is 9.50 Å². The van der Waals surface area contributed by atoms with E-state index in [0.717, 1.165) is 23.9 Å². The minimum Gasteiger partial charge on any atom is -0.366 e. The summed E-state index contributed by atoms with van der Waals surface area (Å²) in [6.45, 7) is 4.46. The van der Waals surface area contributed by atoms with Crippen LogP contribution >= 0.6 is 15.9 Å². The molecule has 0 atom stereocenters. The molecule has 19 heavy (non-hydrogen) atoms. The van der Waals surface area contributed by atoms with Crippen molar-refractivity contribution in [3.8, 4) is 0 Å². The van der Waals surface area contributed by atoms with Crippen molar-refractivity contribution in [2.75, 3.05) is 6.61 Å². The maximum atomic E-state index is 13.4. The van der Waals surface area contributed by atoms with Gasteiger partial charge >= 0.3 is 0 Å². The molecular formula is C14H17BrFNO2. The second-order valence-corrected chi connectivity index (χ2v) is 5.75. The number of aryl methyl sites for hydroxylation is 1. The summed E-state index contributed by atoms with van der Waals surface area (Å²) >= 11 is 3.26. The van der Waals surface area contributed by atoms with Crippen molar-refractivity contribution in [2.24, 2.45) is 0 Å². The Morgan fingerprint density at radius 3 is 2.79 bits per heavy atom. The van der Waals surface area contributed by atoms with Crippen molar-refractivity contribution in [3.05, 3.63) is 34.7 Å². The zero-order valence-electron chi connectivity index (χ0n) is 11.0. The molecule has 0 spiro atoms. The molecule has 0 radical (unpaired) electrons. The highest BCUT2D eigenvalue weighted by Crippen LogP contribution is 2.27. The highest BCUT2D eigenvalue weighted by Gasteiger charge is 2.12. The molecule has 1 heterocycles. The Balaban J connectivity index is 2.04. The largest absolute Gasteiger partial charge is 0.366 e. The Kier molecular flexibility index (Phi) is 4.28. The van der Waals surface area contributed by atoms with E-state index in [4.69, 9.17) is 4.74 Å². The van der Waals surface area contributed by atoms with E-state index in [2.05, 4.69) is 15.9 Å². The van der Waals surface area contributed by atoms with Gasteiger partial charge in [0.25, 0.3) is 0 Å². The number of fused-ring (bicyclic) bond motifs is 1. The number of aliphatic hydroxyl groups is 1. The molecule has 0 unspecified atom stereocenters. The SMILES string of the molecule is CC(C)(O)OCCCn1ccc2c(Br)c(F)ccc21. The second-order valence-electron chi connectivity index (χ2n) is 4.95. The van der Waals surface area contributed by atoms with Crippen molar-refractivity contribution >= 4 is 26.8 Å². The minimum absolute atomic E-state index is 0.254. The first-order valence-electron chi connectivity index (χ1n) is 6.18. The Morgan fingerprint density at radius 1 is 1.37 bits per heavy atom. The predicted molar refractivity (Wildman–Crippen MR) is 76.5 cm³/mol. The lowest BCUT2D eigenvalue weighted by atomic mass is 10.2. The molecule has 3 nitrogen and oxygen atoms in total. The van der Waals surface area contributed by atoms with E-state index in [0.29, 0.717) is 11.1 Å². The Morgan fingerprint density at radius 2 is 2.11 bits per heavy atom. The molecule has 0 saturated heterocycles. The molecule has 2 rings (SSSR count). The molecule has 0 fully saturated rings. The van der Waals surface area contributed by atoms with E-state index >= 15 is 0 Å². The van der Waals surface area contributed by atoms with Crippen LogP contribution < -0.4 is 0 Å². The maximum Gasteiger partial charge on any atom is 0.159 e. The number of halogens is 2. The average molecular weight is 330 g/mol. The summed E-state index contributed by atoms with van der Waals surface area (Å²) in [6.07, 6.45) is 2.71. The van der Waals surface area contributed by atoms with E-state index in [1.807, 2.05) is 16.8 Å². The summed E-state index contributed by atoms with van der Waals surface area (Å²) in [5.41, 5.74) is 0.983. The molecule has 0 aliphatic rings. The van der Waals surface area contributed by atoms with Gasteiger partial charge in [-0.15, -0.1) is 0 Å². The lowest BCUT2D eigenvalue weighted by molar-refractivity contribution is -0.176. The lowest BCUT2D eigenvalue weighted by Gasteiger charge is -2.18. The van der Waals surface area contributed by atoms with Gasteiger partial charge in [0.15, 0.2) is 5.79 Å². The summed E-state index contributed by atoms with van der Waals surface area (Å²) < 4.78 is 21.2. The molecule has 1 aromatic carbocycles. The number of aromatic nitrogens is 1. The van der Waals surface area contributed by atoms with E-state index in [1.54, 1.807) is 19.9 Å². The van der Waals surface area contributed by atoms with Gasteiger partial charge in [-0.1, -0.05) is 0 Å². The number of ether oxygens (including phenoxy) is 1. The van der Waals surface area contributed by atoms with Crippen LogP contribution in [0.15, 0.2) is 28.9 Å². The van der Waals surface area contributed by atoms with Crippen molar-refractivity contribution in [1.29, 1.82) is 0 Å². The van der Waals surface area contributed by atoms with Crippen LogP contribution in [-0.4, -0.2) is 22.1 Å². The molecule has 0 bridgehead atoms. The molecule has 0 saturated carbocycles. The highest BCUT2D eigenvalue weighted by atomic mass is 79.9. The zero-order valence-corrected chi connectivity index (χ0v) is 12.6. The van der Waals surface area contributed by atoms with Crippen molar-refractivity contribution in [1.82, 2.24) is 4.57 Å². The number of rotatable bonds is 5. The molecule has 104 valence electrons. The van der Waals surface area contributed by atoms with Gasteiger partial charge < -0.3 is 14.4 Å². The van der Waals surface area contributed by atoms with E-state index in [-0.39, 0.29) is 5.82 Å². The lowest BCUT2D eigenvalue weighted by Crippen LogP contribution is -2.24. The van der Waals surface area contributed by atoms with Gasteiger partial charge in [0.05, 0.1) is 11.1 Å². The topological polar surface area (TPSA) is 34.4 Å². The zero-order chi connectivity index (χ0) is 14.0. The van der Waals surface area contributed by atoms with Crippen LogP contribution in [0, 0.1) is 5.82 Å². The normalized spacial score (nSPS) is 12.3. The Hall–Kier alpha value is -0.910. The first kappa shape index (κ1) is 14.5. The second kappa shape index (κ2) is 5.61. The number of nitrogens with zero attached hydrogens (tertiary/aromatic N) is 1. The fourth-order valence-electron chi connectivity index (χ4n) is 1.96. The summed E-state index contributed by atoms with van der Waals surface area (Å²) in [4.78, 5) is 0. The van der Waals surface area contributed by atoms with Crippen LogP contribution in [0.25, 0.3) is 10.9 Å². The number of hydrogen-bond donors (Lipinski definition) is 1. The molecule has 1 aromatic heterocycles. The predicted octanol–water partition coefficient (Wildman–Crippen LogP) is 3.68. The molecule has 0 aliphatic heterocycles. The van der Waals surface area contributed by atoms with Crippen LogP contribution in [0.3, 0.4) is 0 Å². The number of hydrogen-bond acceptors (Lipinski definition) is 2. The number of benzene rings is 1. The molecule has 1 N–H and O–H groups in total. The van der Waals surface area contributed by atoms with Gasteiger partial charge in [0.2, 0.25) is 0 Å². The molecule has 0 aliphatic carbocycles. The first-order chi connectivity index (χ1) is 8.88. The third-order valence-corrected chi connectivity index (χ3v) is 3.64. The smallest absolute Gasteiger partial charge is 0.159 e.